The van der Waals surface area contributed by atoms with Crippen LogP contribution in [0.5, 0.6) is 0 Å². The van der Waals surface area contributed by atoms with Gasteiger partial charge in [0.1, 0.15) is 13.1 Å². The molecule has 1 atom stereocenters. The van der Waals surface area contributed by atoms with E-state index in [2.05, 4.69) is 36.0 Å². The monoisotopic (exact) mass is 731 g/mol. The first-order valence-electron chi connectivity index (χ1n) is 24.3. The Kier molecular flexibility index (Phi) is 37.3. The second-order valence-corrected chi connectivity index (χ2v) is 17.0. The van der Waals surface area contributed by atoms with Gasteiger partial charge in [0.05, 0.1) is 0 Å². The molecule has 0 saturated carbocycles. The molecule has 0 radical (unpaired) electrons. The average molecular weight is 731 g/mol. The van der Waals surface area contributed by atoms with Crippen LogP contribution in [0.3, 0.4) is 0 Å². The van der Waals surface area contributed by atoms with Crippen LogP contribution in [0.15, 0.2) is 0 Å². The normalized spacial score (nSPS) is 13.6. The zero-order chi connectivity index (χ0) is 37.4. The minimum Gasteiger partial charge on any atom is -0.318 e. The summed E-state index contributed by atoms with van der Waals surface area (Å²) in [5.41, 5.74) is 0. The van der Waals surface area contributed by atoms with Crippen LogP contribution in [0.4, 0.5) is 0 Å². The molecule has 1 amide bonds. The molecule has 2 N–H and O–H groups in total. The van der Waals surface area contributed by atoms with Crippen molar-refractivity contribution in [1.29, 1.82) is 0 Å². The topological polar surface area (TPSA) is 44.1 Å². The molecule has 1 unspecified atom stereocenters. The smallest absolute Gasteiger partial charge is 0.246 e. The molecule has 1 aliphatic rings. The maximum absolute atomic E-state index is 12.7. The van der Waals surface area contributed by atoms with Gasteiger partial charge in [0.15, 0.2) is 6.17 Å². The third-order valence-electron chi connectivity index (χ3n) is 11.9. The molecule has 0 aliphatic carbocycles. The van der Waals surface area contributed by atoms with E-state index in [0.717, 1.165) is 25.9 Å². The standard InChI is InChI=1S/C48H95N3O/c1-4-6-8-10-12-14-16-18-20-22-24-26-28-30-32-34-36-38-40-42-47-49-44-45-51(47)46(3)50-48(52)43-41-39-37-35-33-31-29-27-25-23-21-19-17-15-13-11-9-7-5-2/h46H,4-45H2,1-3H3,(H,50,52)/p+1. The number of hydrogen-bond acceptors (Lipinski definition) is 2. The first-order chi connectivity index (χ1) is 25.7. The van der Waals surface area contributed by atoms with Gasteiger partial charge in [-0.1, -0.05) is 245 Å². The highest BCUT2D eigenvalue weighted by Crippen LogP contribution is 2.17. The van der Waals surface area contributed by atoms with Gasteiger partial charge < -0.3 is 5.32 Å². The fourth-order valence-corrected chi connectivity index (χ4v) is 8.33. The summed E-state index contributed by atoms with van der Waals surface area (Å²) < 4.78 is 2.41. The largest absolute Gasteiger partial charge is 0.318 e. The van der Waals surface area contributed by atoms with Crippen LogP contribution in [-0.4, -0.2) is 35.6 Å². The maximum Gasteiger partial charge on any atom is 0.246 e. The summed E-state index contributed by atoms with van der Waals surface area (Å²) in [6.07, 6.45) is 55.3. The van der Waals surface area contributed by atoms with E-state index < -0.39 is 0 Å². The Morgan fingerprint density at radius 2 is 0.769 bits per heavy atom. The van der Waals surface area contributed by atoms with E-state index in [9.17, 15) is 4.79 Å². The van der Waals surface area contributed by atoms with E-state index in [1.807, 2.05) is 0 Å². The van der Waals surface area contributed by atoms with Gasteiger partial charge in [0.25, 0.3) is 0 Å². The summed E-state index contributed by atoms with van der Waals surface area (Å²) in [5.74, 6) is 1.58. The molecule has 0 saturated heterocycles. The Labute approximate surface area is 327 Å². The van der Waals surface area contributed by atoms with Crippen molar-refractivity contribution in [2.75, 3.05) is 13.1 Å². The molecule has 1 heterocycles. The van der Waals surface area contributed by atoms with Crippen molar-refractivity contribution < 1.29 is 9.37 Å². The van der Waals surface area contributed by atoms with E-state index in [-0.39, 0.29) is 12.1 Å². The molecular weight excluding hydrogens is 635 g/mol. The van der Waals surface area contributed by atoms with Gasteiger partial charge in [-0.3, -0.25) is 10.1 Å². The van der Waals surface area contributed by atoms with Gasteiger partial charge >= 0.3 is 0 Å². The zero-order valence-corrected chi connectivity index (χ0v) is 36.1. The quantitative estimate of drug-likeness (QED) is 0.0485. The molecule has 308 valence electrons. The van der Waals surface area contributed by atoms with E-state index in [0.29, 0.717) is 6.42 Å². The molecular formula is C48H96N3O+. The van der Waals surface area contributed by atoms with Crippen LogP contribution < -0.4 is 10.6 Å². The Morgan fingerprint density at radius 3 is 1.10 bits per heavy atom. The number of rotatable bonds is 42. The molecule has 0 aromatic heterocycles. The van der Waals surface area contributed by atoms with Crippen molar-refractivity contribution in [2.24, 2.45) is 0 Å². The van der Waals surface area contributed by atoms with Crippen molar-refractivity contribution >= 4 is 11.7 Å². The molecule has 52 heavy (non-hydrogen) atoms. The van der Waals surface area contributed by atoms with Gasteiger partial charge in [0.2, 0.25) is 11.7 Å². The van der Waals surface area contributed by atoms with Crippen molar-refractivity contribution in [3.05, 3.63) is 0 Å². The van der Waals surface area contributed by atoms with E-state index >= 15 is 0 Å². The van der Waals surface area contributed by atoms with Crippen molar-refractivity contribution in [3.63, 3.8) is 0 Å². The number of nitrogens with zero attached hydrogens (tertiary/aromatic N) is 1. The van der Waals surface area contributed by atoms with Crippen LogP contribution in [0, 0.1) is 0 Å². The van der Waals surface area contributed by atoms with Crippen molar-refractivity contribution in [1.82, 2.24) is 10.6 Å². The lowest BCUT2D eigenvalue weighted by Gasteiger charge is -2.15. The summed E-state index contributed by atoms with van der Waals surface area (Å²) in [5, 5.41) is 6.92. The van der Waals surface area contributed by atoms with Gasteiger partial charge in [-0.05, 0) is 19.8 Å². The second-order valence-electron chi connectivity index (χ2n) is 17.0. The lowest BCUT2D eigenvalue weighted by atomic mass is 10.0. The highest BCUT2D eigenvalue weighted by atomic mass is 16.1. The molecule has 1 rings (SSSR count). The third-order valence-corrected chi connectivity index (χ3v) is 11.9. The minimum atomic E-state index is 0.0955. The molecule has 1 aliphatic heterocycles. The second kappa shape index (κ2) is 39.6. The third kappa shape index (κ3) is 32.4. The van der Waals surface area contributed by atoms with Crippen molar-refractivity contribution in [3.8, 4) is 0 Å². The number of hydrogen-bond donors (Lipinski definition) is 2. The number of amidine groups is 1. The first kappa shape index (κ1) is 49.0. The summed E-state index contributed by atoms with van der Waals surface area (Å²) in [6.45, 7) is 8.78. The SMILES string of the molecule is CCCCCCCCCCCCCCCCCCCCCC(=O)NC(C)[N+]1=C(CCCCCCCCCCCCCCCCCCCCC)NCC1. The lowest BCUT2D eigenvalue weighted by Crippen LogP contribution is -2.42. The van der Waals surface area contributed by atoms with Crippen LogP contribution in [-0.2, 0) is 4.79 Å². The van der Waals surface area contributed by atoms with Gasteiger partial charge in [-0.25, -0.2) is 4.58 Å². The highest BCUT2D eigenvalue weighted by Gasteiger charge is 2.25. The molecule has 0 aromatic carbocycles. The van der Waals surface area contributed by atoms with Crippen LogP contribution >= 0.6 is 0 Å². The predicted octanol–water partition coefficient (Wildman–Crippen LogP) is 15.1. The molecule has 0 bridgehead atoms. The predicted molar refractivity (Wildman–Crippen MR) is 232 cm³/mol. The molecule has 4 nitrogen and oxygen atoms in total. The van der Waals surface area contributed by atoms with Gasteiger partial charge in [-0.15, -0.1) is 0 Å². The number of carbonyl (C=O) groups excluding carboxylic acids is 1. The lowest BCUT2D eigenvalue weighted by molar-refractivity contribution is -0.558. The Balaban J connectivity index is 1.89. The molecule has 4 heteroatoms. The summed E-state index contributed by atoms with van der Waals surface area (Å²) in [6, 6.07) is 0. The molecule has 0 aromatic rings. The van der Waals surface area contributed by atoms with E-state index in [4.69, 9.17) is 0 Å². The first-order valence-corrected chi connectivity index (χ1v) is 24.3. The fraction of sp³-hybridized carbons (Fsp3) is 0.958. The van der Waals surface area contributed by atoms with Crippen LogP contribution in [0.25, 0.3) is 0 Å². The Hall–Kier alpha value is -1.06. The van der Waals surface area contributed by atoms with Crippen molar-refractivity contribution in [2.45, 2.75) is 284 Å². The number of carbonyl (C=O) groups is 1. The van der Waals surface area contributed by atoms with Crippen LogP contribution in [0.2, 0.25) is 0 Å². The average Bonchev–Trinajstić information content (AvgIpc) is 3.62. The van der Waals surface area contributed by atoms with E-state index in [1.54, 1.807) is 0 Å². The Morgan fingerprint density at radius 1 is 0.481 bits per heavy atom. The summed E-state index contributed by atoms with van der Waals surface area (Å²) in [4.78, 5) is 12.7. The van der Waals surface area contributed by atoms with Gasteiger partial charge in [-0.2, -0.15) is 0 Å². The Bertz CT molecular complexity index is 780. The summed E-state index contributed by atoms with van der Waals surface area (Å²) in [7, 11) is 0. The minimum absolute atomic E-state index is 0.0955. The molecule has 0 fully saturated rings. The molecule has 0 spiro atoms. The fourth-order valence-electron chi connectivity index (χ4n) is 8.33. The van der Waals surface area contributed by atoms with Gasteiger partial charge in [0, 0.05) is 12.8 Å². The van der Waals surface area contributed by atoms with E-state index in [1.165, 1.54) is 243 Å². The number of nitrogens with one attached hydrogen (secondary N) is 2. The van der Waals surface area contributed by atoms with Crippen LogP contribution in [0.1, 0.15) is 278 Å². The zero-order valence-electron chi connectivity index (χ0n) is 36.1. The summed E-state index contributed by atoms with van der Waals surface area (Å²) >= 11 is 0. The highest BCUT2D eigenvalue weighted by molar-refractivity contribution is 5.79. The maximum atomic E-state index is 12.7. The number of amides is 1. The number of unbranched alkanes of at least 4 members (excludes halogenated alkanes) is 36.